The van der Waals surface area contributed by atoms with Gasteiger partial charge in [0.2, 0.25) is 0 Å². The number of piperidine rings is 1. The normalized spacial score (nSPS) is 23.0. The zero-order valence-corrected chi connectivity index (χ0v) is 15.7. The van der Waals surface area contributed by atoms with Gasteiger partial charge in [-0.1, -0.05) is 36.5 Å². The summed E-state index contributed by atoms with van der Waals surface area (Å²) < 4.78 is 36.7. The molecule has 0 bridgehead atoms. The third-order valence-electron chi connectivity index (χ3n) is 5.57. The molecule has 1 aliphatic heterocycles. The van der Waals surface area contributed by atoms with Crippen molar-refractivity contribution in [3.05, 3.63) is 47.6 Å². The number of rotatable bonds is 6. The van der Waals surface area contributed by atoms with Crippen molar-refractivity contribution < 1.29 is 22.8 Å². The zero-order valence-electron chi connectivity index (χ0n) is 15.7. The van der Waals surface area contributed by atoms with Gasteiger partial charge < -0.3 is 10.2 Å². The quantitative estimate of drug-likeness (QED) is 0.752. The molecule has 0 unspecified atom stereocenters. The molecule has 0 saturated carbocycles. The first-order valence-corrected chi connectivity index (χ1v) is 9.70. The molecule has 4 nitrogen and oxygen atoms in total. The van der Waals surface area contributed by atoms with E-state index in [0.717, 1.165) is 37.9 Å². The Morgan fingerprint density at radius 2 is 1.93 bits per heavy atom. The highest BCUT2D eigenvalue weighted by Crippen LogP contribution is 2.29. The van der Waals surface area contributed by atoms with Gasteiger partial charge in [0.15, 0.2) is 5.78 Å². The third kappa shape index (κ3) is 5.44. The maximum atomic E-state index is 12.5. The van der Waals surface area contributed by atoms with Gasteiger partial charge in [-0.05, 0) is 43.8 Å². The second-order valence-electron chi connectivity index (χ2n) is 7.56. The number of fused-ring (bicyclic) bond motifs is 1. The van der Waals surface area contributed by atoms with Crippen LogP contribution in [0.15, 0.2) is 47.6 Å². The van der Waals surface area contributed by atoms with Gasteiger partial charge in [0.05, 0.1) is 0 Å². The Balaban J connectivity index is 1.38. The standard InChI is InChI=1S/C21H25F3N2O2/c22-21(23,24)20(28)25-14-15-7-10-26(11-8-15)12-9-19(27)18-6-5-16-3-1-2-4-17(16)13-18/h1-3,5-6,13,15,17H,4,7-12,14H2,(H,25,28)/t17-/m0/s1. The van der Waals surface area contributed by atoms with Crippen LogP contribution in [-0.4, -0.2) is 48.9 Å². The number of carbonyl (C=O) groups excluding carboxylic acids is 2. The van der Waals surface area contributed by atoms with Crippen LogP contribution in [0.1, 0.15) is 25.7 Å². The molecule has 3 rings (SSSR count). The van der Waals surface area contributed by atoms with E-state index in [1.807, 2.05) is 29.6 Å². The predicted octanol–water partition coefficient (Wildman–Crippen LogP) is 3.33. The molecule has 1 saturated heterocycles. The summed E-state index contributed by atoms with van der Waals surface area (Å²) >= 11 is 0. The highest BCUT2D eigenvalue weighted by atomic mass is 19.4. The van der Waals surface area contributed by atoms with Crippen molar-refractivity contribution in [2.75, 3.05) is 26.2 Å². The molecule has 0 spiro atoms. The predicted molar refractivity (Wildman–Crippen MR) is 100 cm³/mol. The molecule has 0 aromatic heterocycles. The number of Topliss-reactive ketones (excluding diaryl/α,β-unsaturated/α-hetero) is 1. The molecule has 0 aromatic rings. The molecule has 152 valence electrons. The van der Waals surface area contributed by atoms with Crippen LogP contribution in [0.2, 0.25) is 0 Å². The van der Waals surface area contributed by atoms with Gasteiger partial charge in [0, 0.05) is 31.0 Å². The summed E-state index contributed by atoms with van der Waals surface area (Å²) in [5, 5.41) is 1.96. The van der Waals surface area contributed by atoms with Crippen LogP contribution in [-0.2, 0) is 9.59 Å². The van der Waals surface area contributed by atoms with Gasteiger partial charge in [-0.2, -0.15) is 13.2 Å². The van der Waals surface area contributed by atoms with Crippen LogP contribution < -0.4 is 5.32 Å². The van der Waals surface area contributed by atoms with Crippen molar-refractivity contribution in [3.8, 4) is 0 Å². The average Bonchev–Trinajstić information content (AvgIpc) is 2.69. The lowest BCUT2D eigenvalue weighted by molar-refractivity contribution is -0.173. The summed E-state index contributed by atoms with van der Waals surface area (Å²) in [6.45, 7) is 2.16. The lowest BCUT2D eigenvalue weighted by atomic mass is 9.84. The fraction of sp³-hybridized carbons (Fsp3) is 0.524. The van der Waals surface area contributed by atoms with Gasteiger partial charge in [-0.15, -0.1) is 0 Å². The van der Waals surface area contributed by atoms with Crippen LogP contribution in [0.5, 0.6) is 0 Å². The summed E-state index contributed by atoms with van der Waals surface area (Å²) in [7, 11) is 0. The van der Waals surface area contributed by atoms with Crippen LogP contribution in [0.4, 0.5) is 13.2 Å². The highest BCUT2D eigenvalue weighted by molar-refractivity contribution is 5.98. The number of amides is 1. The Morgan fingerprint density at radius 1 is 1.18 bits per heavy atom. The van der Waals surface area contributed by atoms with Crippen LogP contribution in [0.25, 0.3) is 0 Å². The van der Waals surface area contributed by atoms with E-state index in [2.05, 4.69) is 17.1 Å². The molecule has 1 N–H and O–H groups in total. The average molecular weight is 394 g/mol. The van der Waals surface area contributed by atoms with Gasteiger partial charge in [-0.3, -0.25) is 9.59 Å². The van der Waals surface area contributed by atoms with Gasteiger partial charge in [0.25, 0.3) is 0 Å². The number of hydrogen-bond acceptors (Lipinski definition) is 3. The number of hydrogen-bond donors (Lipinski definition) is 1. The van der Waals surface area contributed by atoms with Crippen molar-refractivity contribution in [2.24, 2.45) is 11.8 Å². The molecule has 7 heteroatoms. The number of likely N-dealkylation sites (tertiary alicyclic amines) is 1. The smallest absolute Gasteiger partial charge is 0.348 e. The van der Waals surface area contributed by atoms with Gasteiger partial charge in [-0.25, -0.2) is 0 Å². The number of nitrogens with one attached hydrogen (secondary N) is 1. The van der Waals surface area contributed by atoms with E-state index in [9.17, 15) is 22.8 Å². The third-order valence-corrected chi connectivity index (χ3v) is 5.57. The number of allylic oxidation sites excluding steroid dienone is 8. The van der Waals surface area contributed by atoms with Crippen molar-refractivity contribution in [1.82, 2.24) is 10.2 Å². The monoisotopic (exact) mass is 394 g/mol. The van der Waals surface area contributed by atoms with E-state index >= 15 is 0 Å². The molecule has 0 aromatic carbocycles. The molecule has 1 heterocycles. The van der Waals surface area contributed by atoms with Crippen LogP contribution >= 0.6 is 0 Å². The Kier molecular flexibility index (Phi) is 6.54. The minimum atomic E-state index is -4.83. The minimum Gasteiger partial charge on any atom is -0.348 e. The highest BCUT2D eigenvalue weighted by Gasteiger charge is 2.38. The molecular weight excluding hydrogens is 369 g/mol. The van der Waals surface area contributed by atoms with Crippen molar-refractivity contribution >= 4 is 11.7 Å². The van der Waals surface area contributed by atoms with E-state index in [1.165, 1.54) is 5.57 Å². The van der Waals surface area contributed by atoms with E-state index in [1.54, 1.807) is 0 Å². The largest absolute Gasteiger partial charge is 0.471 e. The molecule has 28 heavy (non-hydrogen) atoms. The van der Waals surface area contributed by atoms with Gasteiger partial charge >= 0.3 is 12.1 Å². The van der Waals surface area contributed by atoms with Crippen molar-refractivity contribution in [1.29, 1.82) is 0 Å². The molecule has 1 amide bonds. The molecule has 1 atom stereocenters. The fourth-order valence-electron chi connectivity index (χ4n) is 3.81. The fourth-order valence-corrected chi connectivity index (χ4v) is 3.81. The summed E-state index contributed by atoms with van der Waals surface area (Å²) in [4.78, 5) is 25.6. The molecule has 3 aliphatic rings. The first-order valence-electron chi connectivity index (χ1n) is 9.70. The summed E-state index contributed by atoms with van der Waals surface area (Å²) in [6.07, 6.45) is 10.1. The second-order valence-corrected chi connectivity index (χ2v) is 7.56. The zero-order chi connectivity index (χ0) is 20.1. The van der Waals surface area contributed by atoms with E-state index in [4.69, 9.17) is 0 Å². The Morgan fingerprint density at radius 3 is 2.64 bits per heavy atom. The maximum Gasteiger partial charge on any atom is 0.471 e. The first-order chi connectivity index (χ1) is 13.3. The number of halogens is 3. The van der Waals surface area contributed by atoms with Crippen LogP contribution in [0.3, 0.4) is 0 Å². The minimum absolute atomic E-state index is 0.0480. The Labute approximate surface area is 162 Å². The number of carbonyl (C=O) groups is 2. The lowest BCUT2D eigenvalue weighted by Gasteiger charge is -2.32. The number of ketones is 1. The van der Waals surface area contributed by atoms with Crippen molar-refractivity contribution in [2.45, 2.75) is 31.9 Å². The summed E-state index contributed by atoms with van der Waals surface area (Å²) in [5.41, 5.74) is 2.00. The maximum absolute atomic E-state index is 12.5. The molecular formula is C21H25F3N2O2. The van der Waals surface area contributed by atoms with Crippen molar-refractivity contribution in [3.63, 3.8) is 0 Å². The SMILES string of the molecule is O=C(CCN1CCC(CNC(=O)C(F)(F)F)CC1)C1=C[C@@H]2CC=CC=C2C=C1. The van der Waals surface area contributed by atoms with E-state index in [-0.39, 0.29) is 24.2 Å². The van der Waals surface area contributed by atoms with Gasteiger partial charge in [0.1, 0.15) is 0 Å². The molecule has 0 radical (unpaired) electrons. The lowest BCUT2D eigenvalue weighted by Crippen LogP contribution is -2.43. The number of nitrogens with zero attached hydrogens (tertiary/aromatic N) is 1. The summed E-state index contributed by atoms with van der Waals surface area (Å²) in [6, 6.07) is 0. The second kappa shape index (κ2) is 8.90. The first kappa shape index (κ1) is 20.6. The van der Waals surface area contributed by atoms with E-state index < -0.39 is 12.1 Å². The Bertz CT molecular complexity index is 726. The molecule has 2 aliphatic carbocycles. The topological polar surface area (TPSA) is 49.4 Å². The summed E-state index contributed by atoms with van der Waals surface area (Å²) in [5.74, 6) is -1.41. The Hall–Kier alpha value is -2.15. The molecule has 1 fully saturated rings. The van der Waals surface area contributed by atoms with Crippen LogP contribution in [0, 0.1) is 11.8 Å². The number of alkyl halides is 3. The van der Waals surface area contributed by atoms with E-state index in [0.29, 0.717) is 13.0 Å².